The first-order valence-electron chi connectivity index (χ1n) is 6.54. The number of carbonyl (C=O) groups is 1. The van der Waals surface area contributed by atoms with Gasteiger partial charge in [0.1, 0.15) is 0 Å². The molecule has 1 fully saturated rings. The van der Waals surface area contributed by atoms with Gasteiger partial charge in [-0.25, -0.2) is 8.42 Å². The molecule has 3 N–H and O–H groups in total. The molecule has 1 heterocycles. The number of sulfonamides is 1. The van der Waals surface area contributed by atoms with Crippen molar-refractivity contribution in [2.75, 3.05) is 24.1 Å². The number of carbonyl (C=O) groups excluding carboxylic acids is 1. The van der Waals surface area contributed by atoms with E-state index in [-0.39, 0.29) is 11.9 Å². The molecular weight excluding hydrogens is 278 g/mol. The summed E-state index contributed by atoms with van der Waals surface area (Å²) in [5.41, 5.74) is 0.639. The lowest BCUT2D eigenvalue weighted by molar-refractivity contribution is 0.0931. The van der Waals surface area contributed by atoms with Crippen LogP contribution in [0.3, 0.4) is 0 Å². The maximum Gasteiger partial charge on any atom is 0.253 e. The Morgan fingerprint density at radius 2 is 2.10 bits per heavy atom. The Morgan fingerprint density at radius 3 is 2.75 bits per heavy atom. The van der Waals surface area contributed by atoms with E-state index in [1.165, 1.54) is 0 Å². The van der Waals surface area contributed by atoms with Crippen molar-refractivity contribution >= 4 is 21.6 Å². The molecule has 1 unspecified atom stereocenters. The number of nitrogens with one attached hydrogen (secondary N) is 3. The maximum absolute atomic E-state index is 12.2. The summed E-state index contributed by atoms with van der Waals surface area (Å²) in [6.07, 6.45) is 3.02. The van der Waals surface area contributed by atoms with Gasteiger partial charge in [0.15, 0.2) is 0 Å². The largest absolute Gasteiger partial charge is 0.348 e. The van der Waals surface area contributed by atoms with Crippen molar-refractivity contribution in [2.24, 2.45) is 0 Å². The van der Waals surface area contributed by atoms with Crippen LogP contribution in [0.25, 0.3) is 0 Å². The van der Waals surface area contributed by atoms with Gasteiger partial charge in [-0.05, 0) is 31.5 Å². The van der Waals surface area contributed by atoms with E-state index in [1.54, 1.807) is 24.3 Å². The second-order valence-corrected chi connectivity index (χ2v) is 6.69. The van der Waals surface area contributed by atoms with Crippen LogP contribution in [0, 0.1) is 0 Å². The molecule has 7 heteroatoms. The highest BCUT2D eigenvalue weighted by Gasteiger charge is 2.19. The zero-order valence-corrected chi connectivity index (χ0v) is 12.2. The topological polar surface area (TPSA) is 87.3 Å². The number of benzene rings is 1. The molecule has 6 nitrogen and oxygen atoms in total. The summed E-state index contributed by atoms with van der Waals surface area (Å²) in [5.74, 6) is -0.259. The zero-order chi connectivity index (χ0) is 14.6. The van der Waals surface area contributed by atoms with E-state index < -0.39 is 10.0 Å². The fourth-order valence-electron chi connectivity index (χ4n) is 2.21. The highest BCUT2D eigenvalue weighted by atomic mass is 32.2. The number of anilines is 1. The monoisotopic (exact) mass is 297 g/mol. The van der Waals surface area contributed by atoms with Gasteiger partial charge in [-0.15, -0.1) is 0 Å². The van der Waals surface area contributed by atoms with Crippen molar-refractivity contribution in [1.29, 1.82) is 0 Å². The Labute approximate surface area is 119 Å². The molecule has 1 amide bonds. The van der Waals surface area contributed by atoms with Crippen molar-refractivity contribution < 1.29 is 13.2 Å². The predicted molar refractivity (Wildman–Crippen MR) is 78.3 cm³/mol. The third kappa shape index (κ3) is 4.21. The van der Waals surface area contributed by atoms with Gasteiger partial charge in [-0.1, -0.05) is 12.1 Å². The number of para-hydroxylation sites is 1. The number of hydrogen-bond acceptors (Lipinski definition) is 4. The fourth-order valence-corrected chi connectivity index (χ4v) is 2.79. The second-order valence-electron chi connectivity index (χ2n) is 4.94. The molecule has 1 saturated heterocycles. The smallest absolute Gasteiger partial charge is 0.253 e. The van der Waals surface area contributed by atoms with Gasteiger partial charge in [-0.2, -0.15) is 0 Å². The van der Waals surface area contributed by atoms with Gasteiger partial charge in [0, 0.05) is 12.6 Å². The van der Waals surface area contributed by atoms with Crippen LogP contribution in [0.4, 0.5) is 5.69 Å². The molecule has 2 rings (SSSR count). The van der Waals surface area contributed by atoms with Crippen molar-refractivity contribution in [3.05, 3.63) is 29.8 Å². The third-order valence-electron chi connectivity index (χ3n) is 3.10. The molecule has 0 radical (unpaired) electrons. The third-order valence-corrected chi connectivity index (χ3v) is 3.69. The maximum atomic E-state index is 12.2. The van der Waals surface area contributed by atoms with E-state index in [4.69, 9.17) is 0 Å². The predicted octanol–water partition coefficient (Wildman–Crippen LogP) is 0.540. The van der Waals surface area contributed by atoms with Gasteiger partial charge in [0.25, 0.3) is 5.91 Å². The Kier molecular flexibility index (Phi) is 4.61. The number of rotatable bonds is 4. The molecular formula is C13H19N3O3S. The minimum absolute atomic E-state index is 0.0857. The number of hydrogen-bond donors (Lipinski definition) is 3. The number of amides is 1. The number of piperidine rings is 1. The Balaban J connectivity index is 2.12. The highest BCUT2D eigenvalue weighted by molar-refractivity contribution is 7.92. The molecule has 1 aliphatic heterocycles. The molecule has 110 valence electrons. The van der Waals surface area contributed by atoms with E-state index in [0.717, 1.165) is 32.2 Å². The van der Waals surface area contributed by atoms with E-state index in [2.05, 4.69) is 15.4 Å². The Bertz CT molecular complexity index is 580. The summed E-state index contributed by atoms with van der Waals surface area (Å²) in [6, 6.07) is 6.67. The second kappa shape index (κ2) is 6.23. The Morgan fingerprint density at radius 1 is 1.35 bits per heavy atom. The standard InChI is InChI=1S/C13H19N3O3S/c1-20(18,19)16-12-7-3-2-6-11(12)13(17)15-10-5-4-8-14-9-10/h2-3,6-7,10,14,16H,4-5,8-9H2,1H3,(H,15,17). The molecule has 1 aromatic rings. The lowest BCUT2D eigenvalue weighted by atomic mass is 10.1. The summed E-state index contributed by atoms with van der Waals surface area (Å²) in [5, 5.41) is 6.14. The SMILES string of the molecule is CS(=O)(=O)Nc1ccccc1C(=O)NC1CCCNC1. The average molecular weight is 297 g/mol. The van der Waals surface area contributed by atoms with Crippen LogP contribution in [-0.2, 0) is 10.0 Å². The van der Waals surface area contributed by atoms with Gasteiger partial charge in [0.05, 0.1) is 17.5 Å². The van der Waals surface area contributed by atoms with Crippen LogP contribution >= 0.6 is 0 Å². The normalized spacial score (nSPS) is 19.4. The first kappa shape index (κ1) is 14.8. The summed E-state index contributed by atoms with van der Waals surface area (Å²) in [7, 11) is -3.41. The molecule has 0 aliphatic carbocycles. The first-order chi connectivity index (χ1) is 9.46. The minimum Gasteiger partial charge on any atom is -0.348 e. The van der Waals surface area contributed by atoms with Crippen LogP contribution in [0.1, 0.15) is 23.2 Å². The van der Waals surface area contributed by atoms with E-state index in [1.807, 2.05) is 0 Å². The van der Waals surface area contributed by atoms with Crippen LogP contribution < -0.4 is 15.4 Å². The van der Waals surface area contributed by atoms with Gasteiger partial charge >= 0.3 is 0 Å². The van der Waals surface area contributed by atoms with Crippen molar-refractivity contribution in [3.8, 4) is 0 Å². The van der Waals surface area contributed by atoms with Crippen LogP contribution in [-0.4, -0.2) is 39.7 Å². The van der Waals surface area contributed by atoms with Gasteiger partial charge < -0.3 is 10.6 Å². The molecule has 1 aromatic carbocycles. The summed E-state index contributed by atoms with van der Waals surface area (Å²) < 4.78 is 25.0. The van der Waals surface area contributed by atoms with Crippen LogP contribution in [0.5, 0.6) is 0 Å². The summed E-state index contributed by atoms with van der Waals surface area (Å²) in [6.45, 7) is 1.71. The van der Waals surface area contributed by atoms with E-state index >= 15 is 0 Å². The van der Waals surface area contributed by atoms with Crippen LogP contribution in [0.15, 0.2) is 24.3 Å². The molecule has 0 saturated carbocycles. The van der Waals surface area contributed by atoms with Crippen LogP contribution in [0.2, 0.25) is 0 Å². The average Bonchev–Trinajstić information content (AvgIpc) is 2.38. The zero-order valence-electron chi connectivity index (χ0n) is 11.3. The van der Waals surface area contributed by atoms with Gasteiger partial charge in [0.2, 0.25) is 10.0 Å². The van der Waals surface area contributed by atoms with Crippen molar-refractivity contribution in [1.82, 2.24) is 10.6 Å². The van der Waals surface area contributed by atoms with Gasteiger partial charge in [-0.3, -0.25) is 9.52 Å². The quantitative estimate of drug-likeness (QED) is 0.757. The Hall–Kier alpha value is -1.60. The molecule has 1 atom stereocenters. The molecule has 20 heavy (non-hydrogen) atoms. The molecule has 0 bridgehead atoms. The molecule has 1 aliphatic rings. The summed E-state index contributed by atoms with van der Waals surface area (Å²) >= 11 is 0. The summed E-state index contributed by atoms with van der Waals surface area (Å²) in [4.78, 5) is 12.2. The lowest BCUT2D eigenvalue weighted by Crippen LogP contribution is -2.45. The van der Waals surface area contributed by atoms with Crippen molar-refractivity contribution in [2.45, 2.75) is 18.9 Å². The van der Waals surface area contributed by atoms with E-state index in [9.17, 15) is 13.2 Å². The molecule has 0 aromatic heterocycles. The lowest BCUT2D eigenvalue weighted by Gasteiger charge is -2.24. The minimum atomic E-state index is -3.41. The van der Waals surface area contributed by atoms with E-state index in [0.29, 0.717) is 11.3 Å². The van der Waals surface area contributed by atoms with Crippen molar-refractivity contribution in [3.63, 3.8) is 0 Å². The fraction of sp³-hybridized carbons (Fsp3) is 0.462. The highest BCUT2D eigenvalue weighted by Crippen LogP contribution is 2.16. The molecule has 0 spiro atoms. The first-order valence-corrected chi connectivity index (χ1v) is 8.43.